The number of ether oxygens (including phenoxy) is 1. The van der Waals surface area contributed by atoms with Crippen molar-refractivity contribution in [1.82, 2.24) is 9.36 Å². The predicted molar refractivity (Wildman–Crippen MR) is 70.9 cm³/mol. The number of rotatable bonds is 3. The number of hydrogen-bond donors (Lipinski definition) is 1. The topological polar surface area (TPSA) is 78.1 Å². The number of carbonyl (C=O) groups is 1. The Balaban J connectivity index is 2.37. The van der Waals surface area contributed by atoms with Crippen molar-refractivity contribution < 1.29 is 13.9 Å². The summed E-state index contributed by atoms with van der Waals surface area (Å²) >= 11 is 2.26. The van der Waals surface area contributed by atoms with Gasteiger partial charge in [-0.25, -0.2) is 14.2 Å². The van der Waals surface area contributed by atoms with Gasteiger partial charge in [-0.2, -0.15) is 4.37 Å². The zero-order valence-electron chi connectivity index (χ0n) is 10.1. The Hall–Kier alpha value is -1.67. The lowest BCUT2D eigenvalue weighted by atomic mass is 10.2. The van der Waals surface area contributed by atoms with E-state index in [0.29, 0.717) is 10.2 Å². The van der Waals surface area contributed by atoms with Crippen LogP contribution in [-0.2, 0) is 4.74 Å². The van der Waals surface area contributed by atoms with Crippen molar-refractivity contribution in [2.75, 3.05) is 12.8 Å². The third kappa shape index (κ3) is 3.02. The molecule has 0 amide bonds. The van der Waals surface area contributed by atoms with Crippen LogP contribution in [0.2, 0.25) is 0 Å². The summed E-state index contributed by atoms with van der Waals surface area (Å²) in [5, 5.41) is 0. The van der Waals surface area contributed by atoms with Crippen molar-refractivity contribution in [2.24, 2.45) is 0 Å². The number of nitrogens with two attached hydrogens (primary N) is 1. The second-order valence-corrected chi connectivity index (χ2v) is 5.61. The minimum Gasteiger partial charge on any atom is -0.465 e. The molecule has 2 aromatic rings. The molecular weight excluding hydrogens is 289 g/mol. The first-order chi connectivity index (χ1) is 9.01. The van der Waals surface area contributed by atoms with Gasteiger partial charge in [0.25, 0.3) is 0 Å². The van der Waals surface area contributed by atoms with Gasteiger partial charge in [0, 0.05) is 5.69 Å². The summed E-state index contributed by atoms with van der Waals surface area (Å²) in [4.78, 5) is 15.9. The molecule has 2 rings (SSSR count). The lowest BCUT2D eigenvalue weighted by Crippen LogP contribution is -2.06. The van der Waals surface area contributed by atoms with Gasteiger partial charge in [0.1, 0.15) is 11.6 Å². The minimum absolute atomic E-state index is 0.0437. The van der Waals surface area contributed by atoms with Gasteiger partial charge >= 0.3 is 5.97 Å². The third-order valence-electron chi connectivity index (χ3n) is 2.22. The SMILES string of the molecule is COC(=O)c1cc(Sc2nc(C)ns2)c(F)cc1N. The van der Waals surface area contributed by atoms with E-state index in [0.717, 1.165) is 17.8 Å². The summed E-state index contributed by atoms with van der Waals surface area (Å²) < 4.78 is 23.0. The van der Waals surface area contributed by atoms with Crippen LogP contribution in [0, 0.1) is 12.7 Å². The summed E-state index contributed by atoms with van der Waals surface area (Å²) in [6, 6.07) is 2.46. The van der Waals surface area contributed by atoms with Crippen molar-refractivity contribution in [3.05, 3.63) is 29.3 Å². The quantitative estimate of drug-likeness (QED) is 0.693. The van der Waals surface area contributed by atoms with Gasteiger partial charge in [-0.05, 0) is 30.6 Å². The highest BCUT2D eigenvalue weighted by Gasteiger charge is 2.16. The van der Waals surface area contributed by atoms with Gasteiger partial charge in [-0.1, -0.05) is 11.8 Å². The maximum absolute atomic E-state index is 13.8. The van der Waals surface area contributed by atoms with Crippen LogP contribution in [0.1, 0.15) is 16.2 Å². The Kier molecular flexibility index (Phi) is 4.01. The number of hydrogen-bond acceptors (Lipinski definition) is 7. The summed E-state index contributed by atoms with van der Waals surface area (Å²) in [6.07, 6.45) is 0. The Bertz CT molecular complexity index is 630. The van der Waals surface area contributed by atoms with Crippen molar-refractivity contribution in [1.29, 1.82) is 0 Å². The second-order valence-electron chi connectivity index (χ2n) is 3.57. The molecule has 0 fully saturated rings. The normalized spacial score (nSPS) is 10.5. The average Bonchev–Trinajstić information content (AvgIpc) is 2.77. The summed E-state index contributed by atoms with van der Waals surface area (Å²) in [7, 11) is 1.24. The summed E-state index contributed by atoms with van der Waals surface area (Å²) in [5.74, 6) is -0.493. The van der Waals surface area contributed by atoms with E-state index in [1.165, 1.54) is 24.7 Å². The zero-order valence-corrected chi connectivity index (χ0v) is 11.8. The monoisotopic (exact) mass is 299 g/mol. The van der Waals surface area contributed by atoms with Crippen LogP contribution in [0.4, 0.5) is 10.1 Å². The van der Waals surface area contributed by atoms with Gasteiger partial charge in [0.05, 0.1) is 17.6 Å². The van der Waals surface area contributed by atoms with Gasteiger partial charge < -0.3 is 10.5 Å². The van der Waals surface area contributed by atoms with Crippen LogP contribution in [0.15, 0.2) is 21.4 Å². The molecule has 5 nitrogen and oxygen atoms in total. The Morgan fingerprint density at radius 2 is 2.26 bits per heavy atom. The van der Waals surface area contributed by atoms with Gasteiger partial charge in [0.15, 0.2) is 4.34 Å². The molecule has 0 bridgehead atoms. The van der Waals surface area contributed by atoms with Crippen LogP contribution in [0.3, 0.4) is 0 Å². The highest BCUT2D eigenvalue weighted by atomic mass is 32.2. The number of halogens is 1. The van der Waals surface area contributed by atoms with E-state index < -0.39 is 11.8 Å². The minimum atomic E-state index is -0.604. The maximum Gasteiger partial charge on any atom is 0.339 e. The number of benzene rings is 1. The fraction of sp³-hybridized carbons (Fsp3) is 0.182. The molecule has 0 saturated carbocycles. The Morgan fingerprint density at radius 1 is 1.53 bits per heavy atom. The van der Waals surface area contributed by atoms with E-state index in [1.54, 1.807) is 6.92 Å². The van der Waals surface area contributed by atoms with Gasteiger partial charge in [-0.3, -0.25) is 0 Å². The van der Waals surface area contributed by atoms with E-state index in [9.17, 15) is 9.18 Å². The van der Waals surface area contributed by atoms with Gasteiger partial charge in [-0.15, -0.1) is 0 Å². The fourth-order valence-corrected chi connectivity index (χ4v) is 3.00. The molecule has 0 radical (unpaired) electrons. The summed E-state index contributed by atoms with van der Waals surface area (Å²) in [6.45, 7) is 1.75. The molecule has 1 aromatic carbocycles. The lowest BCUT2D eigenvalue weighted by Gasteiger charge is -2.07. The molecule has 100 valence electrons. The number of aryl methyl sites for hydroxylation is 1. The first kappa shape index (κ1) is 13.8. The standard InChI is InChI=1S/C11H10FN3O2S2/c1-5-14-11(19-15-5)18-9-3-6(10(16)17-2)8(13)4-7(9)12/h3-4H,13H2,1-2H3. The number of nitrogen functional groups attached to an aromatic ring is 1. The lowest BCUT2D eigenvalue weighted by molar-refractivity contribution is 0.0601. The number of nitrogens with zero attached hydrogens (tertiary/aromatic N) is 2. The molecule has 0 aliphatic carbocycles. The molecule has 2 N–H and O–H groups in total. The van der Waals surface area contributed by atoms with Crippen molar-refractivity contribution >= 4 is 35.0 Å². The molecule has 1 heterocycles. The smallest absolute Gasteiger partial charge is 0.339 e. The van der Waals surface area contributed by atoms with Crippen molar-refractivity contribution in [3.63, 3.8) is 0 Å². The molecule has 0 aliphatic heterocycles. The Labute approximate surface area is 117 Å². The zero-order chi connectivity index (χ0) is 14.0. The highest BCUT2D eigenvalue weighted by Crippen LogP contribution is 2.33. The molecule has 0 spiro atoms. The molecule has 8 heteroatoms. The molecule has 0 saturated heterocycles. The van der Waals surface area contributed by atoms with Crippen LogP contribution >= 0.6 is 23.3 Å². The van der Waals surface area contributed by atoms with Gasteiger partial charge in [0.2, 0.25) is 0 Å². The molecule has 0 atom stereocenters. The van der Waals surface area contributed by atoms with Crippen LogP contribution in [0.5, 0.6) is 0 Å². The molecule has 0 unspecified atom stereocenters. The third-order valence-corrected chi connectivity index (χ3v) is 4.09. The number of methoxy groups -OCH3 is 1. The highest BCUT2D eigenvalue weighted by molar-refractivity contribution is 8.01. The molecular formula is C11H10FN3O2S2. The van der Waals surface area contributed by atoms with E-state index in [1.807, 2.05) is 0 Å². The number of carbonyl (C=O) groups excluding carboxylic acids is 1. The van der Waals surface area contributed by atoms with E-state index in [2.05, 4.69) is 14.1 Å². The van der Waals surface area contributed by atoms with E-state index in [4.69, 9.17) is 5.73 Å². The fourth-order valence-electron chi connectivity index (χ4n) is 1.35. The molecule has 19 heavy (non-hydrogen) atoms. The molecule has 0 aliphatic rings. The van der Waals surface area contributed by atoms with E-state index >= 15 is 0 Å². The first-order valence-corrected chi connectivity index (χ1v) is 6.75. The van der Waals surface area contributed by atoms with Crippen LogP contribution < -0.4 is 5.73 Å². The number of anilines is 1. The number of esters is 1. The van der Waals surface area contributed by atoms with Crippen LogP contribution in [0.25, 0.3) is 0 Å². The predicted octanol–water partition coefficient (Wildman–Crippen LogP) is 2.51. The van der Waals surface area contributed by atoms with Crippen LogP contribution in [-0.4, -0.2) is 22.4 Å². The number of aromatic nitrogens is 2. The summed E-state index contributed by atoms with van der Waals surface area (Å²) in [5.41, 5.74) is 5.76. The average molecular weight is 299 g/mol. The maximum atomic E-state index is 13.8. The van der Waals surface area contributed by atoms with Crippen molar-refractivity contribution in [2.45, 2.75) is 16.2 Å². The largest absolute Gasteiger partial charge is 0.465 e. The second kappa shape index (κ2) is 5.54. The molecule has 1 aromatic heterocycles. The van der Waals surface area contributed by atoms with Crippen molar-refractivity contribution in [3.8, 4) is 0 Å². The first-order valence-electron chi connectivity index (χ1n) is 5.16. The Morgan fingerprint density at radius 3 is 2.84 bits per heavy atom. The van der Waals surface area contributed by atoms with E-state index in [-0.39, 0.29) is 16.1 Å².